The van der Waals surface area contributed by atoms with E-state index in [9.17, 15) is 24.6 Å². The lowest BCUT2D eigenvalue weighted by Gasteiger charge is -2.38. The maximum absolute atomic E-state index is 14.2. The van der Waals surface area contributed by atoms with E-state index in [0.717, 1.165) is 11.3 Å². The van der Waals surface area contributed by atoms with E-state index in [0.29, 0.717) is 18.5 Å². The molecule has 2 aliphatic rings. The zero-order valence-corrected chi connectivity index (χ0v) is 26.1. The van der Waals surface area contributed by atoms with E-state index in [-0.39, 0.29) is 57.9 Å². The number of hydrogen-bond donors (Lipinski definition) is 3. The van der Waals surface area contributed by atoms with Gasteiger partial charge >= 0.3 is 0 Å². The first kappa shape index (κ1) is 31.7. The molecule has 0 saturated carbocycles. The van der Waals surface area contributed by atoms with Gasteiger partial charge in [-0.3, -0.25) is 14.4 Å². The summed E-state index contributed by atoms with van der Waals surface area (Å²) in [5, 5.41) is 24.8. The van der Waals surface area contributed by atoms with Gasteiger partial charge in [0.15, 0.2) is 17.3 Å². The molecule has 1 aliphatic carbocycles. The molecule has 0 aromatic heterocycles. The third-order valence-corrected chi connectivity index (χ3v) is 8.80. The first-order chi connectivity index (χ1) is 21.5. The Morgan fingerprint density at radius 1 is 1.02 bits per heavy atom. The van der Waals surface area contributed by atoms with Crippen LogP contribution < -0.4 is 24.3 Å². The standard InChI is InChI=1S/C34H34ClNO9/c1-18-15-24(38)28(32(40)34(18)33(41)29-25(43-3)17-26(44-4)30(35)31(29)45-34)23(20-7-9-21(37)10-8-20)16-27(39)36-14-13-19-5-11-22(42-2)12-6-19/h5-12,17-18,23,37,40H,13-16H2,1-4H3,(H,36,39)/t18-,23?,34+/m1/s1. The van der Waals surface area contributed by atoms with Crippen LogP contribution in [0.5, 0.6) is 28.7 Å². The molecule has 3 aromatic carbocycles. The number of ketones is 2. The number of halogens is 1. The average Bonchev–Trinajstić information content (AvgIpc) is 3.35. The van der Waals surface area contributed by atoms with Crippen LogP contribution in [0.15, 0.2) is 65.9 Å². The number of benzene rings is 3. The Kier molecular flexibility index (Phi) is 8.97. The molecule has 1 aliphatic heterocycles. The number of amides is 1. The van der Waals surface area contributed by atoms with Crippen molar-refractivity contribution < 1.29 is 43.5 Å². The number of aromatic hydroxyl groups is 1. The van der Waals surface area contributed by atoms with Crippen molar-refractivity contribution in [3.8, 4) is 28.7 Å². The number of carbonyl (C=O) groups is 3. The SMILES string of the molecule is COc1ccc(CCNC(=O)CC(C2=C(O)[C@@]3(Oc4c(Cl)c(OC)cc(OC)c4C3=O)[C@H](C)CC2=O)c2ccc(O)cc2)cc1. The van der Waals surface area contributed by atoms with Gasteiger partial charge in [-0.2, -0.15) is 0 Å². The van der Waals surface area contributed by atoms with Gasteiger partial charge in [-0.1, -0.05) is 42.8 Å². The van der Waals surface area contributed by atoms with Gasteiger partial charge in [-0.25, -0.2) is 0 Å². The molecule has 5 rings (SSSR count). The fourth-order valence-corrected chi connectivity index (χ4v) is 6.29. The Balaban J connectivity index is 1.51. The predicted molar refractivity (Wildman–Crippen MR) is 166 cm³/mol. The lowest BCUT2D eigenvalue weighted by Crippen LogP contribution is -2.53. The summed E-state index contributed by atoms with van der Waals surface area (Å²) in [4.78, 5) is 41.2. The monoisotopic (exact) mass is 635 g/mol. The van der Waals surface area contributed by atoms with E-state index in [1.165, 1.54) is 32.4 Å². The van der Waals surface area contributed by atoms with Crippen LogP contribution in [0.25, 0.3) is 0 Å². The fourth-order valence-electron chi connectivity index (χ4n) is 6.03. The summed E-state index contributed by atoms with van der Waals surface area (Å²) in [7, 11) is 4.37. The molecule has 236 valence electrons. The first-order valence-electron chi connectivity index (χ1n) is 14.4. The average molecular weight is 636 g/mol. The van der Waals surface area contributed by atoms with Crippen molar-refractivity contribution in [3.05, 3.63) is 87.6 Å². The fraction of sp³-hybridized carbons (Fsp3) is 0.324. The van der Waals surface area contributed by atoms with Gasteiger partial charge in [0.2, 0.25) is 17.3 Å². The van der Waals surface area contributed by atoms with Gasteiger partial charge in [-0.05, 0) is 41.8 Å². The van der Waals surface area contributed by atoms with Gasteiger partial charge < -0.3 is 34.5 Å². The number of ether oxygens (including phenoxy) is 4. The van der Waals surface area contributed by atoms with Crippen molar-refractivity contribution in [2.24, 2.45) is 5.92 Å². The topological polar surface area (TPSA) is 141 Å². The minimum atomic E-state index is -1.99. The lowest BCUT2D eigenvalue weighted by molar-refractivity contribution is -0.121. The summed E-state index contributed by atoms with van der Waals surface area (Å²) in [5.74, 6) is -2.75. The Bertz CT molecular complexity index is 1670. The van der Waals surface area contributed by atoms with Gasteiger partial charge in [0, 0.05) is 42.9 Å². The van der Waals surface area contributed by atoms with Crippen LogP contribution in [-0.2, 0) is 16.0 Å². The number of allylic oxidation sites excluding steroid dienone is 1. The number of Topliss-reactive ketones (excluding diaryl/α,β-unsaturated/α-hetero) is 2. The molecule has 11 heteroatoms. The minimum absolute atomic E-state index is 0.0138. The highest BCUT2D eigenvalue weighted by atomic mass is 35.5. The number of fused-ring (bicyclic) bond motifs is 1. The second kappa shape index (κ2) is 12.7. The summed E-state index contributed by atoms with van der Waals surface area (Å²) < 4.78 is 22.2. The number of phenolic OH excluding ortho intramolecular Hbond substituents is 1. The van der Waals surface area contributed by atoms with E-state index in [2.05, 4.69) is 5.32 Å². The van der Waals surface area contributed by atoms with E-state index in [1.807, 2.05) is 24.3 Å². The molecule has 10 nitrogen and oxygen atoms in total. The van der Waals surface area contributed by atoms with Gasteiger partial charge in [0.25, 0.3) is 0 Å². The van der Waals surface area contributed by atoms with Crippen molar-refractivity contribution in [2.45, 2.75) is 37.7 Å². The highest BCUT2D eigenvalue weighted by Gasteiger charge is 2.61. The van der Waals surface area contributed by atoms with Crippen LogP contribution in [0.4, 0.5) is 0 Å². The van der Waals surface area contributed by atoms with E-state index >= 15 is 0 Å². The zero-order valence-electron chi connectivity index (χ0n) is 25.3. The van der Waals surface area contributed by atoms with Crippen LogP contribution >= 0.6 is 11.6 Å². The summed E-state index contributed by atoms with van der Waals surface area (Å²) in [6.45, 7) is 1.96. The van der Waals surface area contributed by atoms with E-state index < -0.39 is 34.8 Å². The molecule has 3 aromatic rings. The molecular weight excluding hydrogens is 602 g/mol. The largest absolute Gasteiger partial charge is 0.508 e. The molecule has 0 bridgehead atoms. The molecule has 1 unspecified atom stereocenters. The molecule has 3 atom stereocenters. The normalized spacial score (nSPS) is 19.6. The number of rotatable bonds is 10. The van der Waals surface area contributed by atoms with Crippen molar-refractivity contribution in [1.82, 2.24) is 5.32 Å². The summed E-state index contributed by atoms with van der Waals surface area (Å²) in [5.41, 5.74) is -0.611. The minimum Gasteiger partial charge on any atom is -0.508 e. The first-order valence-corrected chi connectivity index (χ1v) is 14.8. The lowest BCUT2D eigenvalue weighted by atomic mass is 9.69. The third-order valence-electron chi connectivity index (χ3n) is 8.44. The van der Waals surface area contributed by atoms with E-state index in [4.69, 9.17) is 30.5 Å². The molecule has 1 spiro atoms. The van der Waals surface area contributed by atoms with Crippen LogP contribution in [0.2, 0.25) is 5.02 Å². The smallest absolute Gasteiger partial charge is 0.231 e. The Hall–Kier alpha value is -4.70. The third kappa shape index (κ3) is 5.66. The number of aliphatic hydroxyl groups is 1. The predicted octanol–water partition coefficient (Wildman–Crippen LogP) is 5.34. The number of carbonyl (C=O) groups excluding carboxylic acids is 3. The second-order valence-corrected chi connectivity index (χ2v) is 11.4. The Morgan fingerprint density at radius 3 is 2.31 bits per heavy atom. The summed E-state index contributed by atoms with van der Waals surface area (Å²) in [6, 6.07) is 14.9. The zero-order chi connectivity index (χ0) is 32.5. The second-order valence-electron chi connectivity index (χ2n) is 11.1. The molecule has 0 fully saturated rings. The number of nitrogens with one attached hydrogen (secondary N) is 1. The summed E-state index contributed by atoms with van der Waals surface area (Å²) in [6.07, 6.45) is 0.186. The van der Waals surface area contributed by atoms with Crippen LogP contribution in [0.3, 0.4) is 0 Å². The van der Waals surface area contributed by atoms with Gasteiger partial charge in [0.05, 0.1) is 21.3 Å². The van der Waals surface area contributed by atoms with Crippen molar-refractivity contribution in [1.29, 1.82) is 0 Å². The molecule has 1 heterocycles. The summed E-state index contributed by atoms with van der Waals surface area (Å²) >= 11 is 6.56. The van der Waals surface area contributed by atoms with Crippen LogP contribution in [0.1, 0.15) is 47.2 Å². The highest BCUT2D eigenvalue weighted by molar-refractivity contribution is 6.35. The molecule has 3 N–H and O–H groups in total. The maximum Gasteiger partial charge on any atom is 0.231 e. The number of phenols is 1. The Labute approximate surface area is 265 Å². The number of aliphatic hydroxyl groups excluding tert-OH is 1. The quantitative estimate of drug-likeness (QED) is 0.269. The number of hydrogen-bond acceptors (Lipinski definition) is 9. The van der Waals surface area contributed by atoms with Crippen molar-refractivity contribution in [3.63, 3.8) is 0 Å². The molecule has 0 radical (unpaired) electrons. The highest BCUT2D eigenvalue weighted by Crippen LogP contribution is 2.55. The molecule has 45 heavy (non-hydrogen) atoms. The van der Waals surface area contributed by atoms with Crippen LogP contribution in [-0.4, -0.2) is 61.2 Å². The van der Waals surface area contributed by atoms with Crippen molar-refractivity contribution in [2.75, 3.05) is 27.9 Å². The van der Waals surface area contributed by atoms with Crippen LogP contribution in [0, 0.1) is 5.92 Å². The van der Waals surface area contributed by atoms with E-state index in [1.54, 1.807) is 26.2 Å². The maximum atomic E-state index is 14.2. The van der Waals surface area contributed by atoms with Crippen molar-refractivity contribution >= 4 is 29.1 Å². The molecule has 1 amide bonds. The molecular formula is C34H34ClNO9. The Morgan fingerprint density at radius 2 is 1.69 bits per heavy atom. The van der Waals surface area contributed by atoms with Gasteiger partial charge in [0.1, 0.15) is 33.6 Å². The molecule has 0 saturated heterocycles. The number of methoxy groups -OCH3 is 3. The van der Waals surface area contributed by atoms with Gasteiger partial charge in [-0.15, -0.1) is 0 Å².